The zero-order valence-electron chi connectivity index (χ0n) is 11.2. The first kappa shape index (κ1) is 11.8. The van der Waals surface area contributed by atoms with Crippen LogP contribution in [-0.2, 0) is 0 Å². The summed E-state index contributed by atoms with van der Waals surface area (Å²) in [6.45, 7) is 4.19. The molecule has 1 unspecified atom stereocenters. The Kier molecular flexibility index (Phi) is 3.00. The van der Waals surface area contributed by atoms with Crippen LogP contribution in [0.15, 0.2) is 54.6 Å². The number of rotatable bonds is 3. The first-order valence-electron chi connectivity index (χ1n) is 6.54. The second-order valence-electron chi connectivity index (χ2n) is 4.78. The van der Waals surface area contributed by atoms with Gasteiger partial charge in [-0.15, -0.1) is 0 Å². The van der Waals surface area contributed by atoms with E-state index in [0.29, 0.717) is 0 Å². The molecule has 1 atom stereocenters. The number of nitrogens with one attached hydrogen (secondary N) is 1. The topological polar surface area (TPSA) is 25.0 Å². The second-order valence-corrected chi connectivity index (χ2v) is 4.78. The van der Waals surface area contributed by atoms with E-state index in [1.54, 1.807) is 0 Å². The molecule has 3 rings (SSSR count). The van der Waals surface area contributed by atoms with Gasteiger partial charge in [0, 0.05) is 22.2 Å². The largest absolute Gasteiger partial charge is 0.486 e. The number of H-pyrrole nitrogens is 1. The van der Waals surface area contributed by atoms with E-state index in [1.807, 2.05) is 36.4 Å². The predicted octanol–water partition coefficient (Wildman–Crippen LogP) is 4.62. The van der Waals surface area contributed by atoms with Gasteiger partial charge in [-0.3, -0.25) is 0 Å². The number of ether oxygens (including phenoxy) is 1. The molecule has 0 aliphatic carbocycles. The van der Waals surface area contributed by atoms with Gasteiger partial charge in [-0.2, -0.15) is 0 Å². The molecular weight excluding hydrogens is 234 g/mol. The van der Waals surface area contributed by atoms with Gasteiger partial charge in [0.05, 0.1) is 0 Å². The van der Waals surface area contributed by atoms with Crippen LogP contribution in [0, 0.1) is 6.92 Å². The molecule has 0 radical (unpaired) electrons. The van der Waals surface area contributed by atoms with Gasteiger partial charge in [0.2, 0.25) is 0 Å². The van der Waals surface area contributed by atoms with Crippen molar-refractivity contribution >= 4 is 10.9 Å². The van der Waals surface area contributed by atoms with Crippen molar-refractivity contribution in [2.75, 3.05) is 0 Å². The molecule has 0 bridgehead atoms. The van der Waals surface area contributed by atoms with Crippen LogP contribution < -0.4 is 4.74 Å². The number of aryl methyl sites for hydroxylation is 1. The highest BCUT2D eigenvalue weighted by Gasteiger charge is 2.15. The Morgan fingerprint density at radius 3 is 2.42 bits per heavy atom. The SMILES string of the molecule is Cc1[nH]c2ccccc2c1C(C)Oc1ccccc1. The summed E-state index contributed by atoms with van der Waals surface area (Å²) in [5.74, 6) is 0.902. The molecular formula is C17H17NO. The first-order chi connectivity index (χ1) is 9.25. The van der Waals surface area contributed by atoms with Crippen LogP contribution in [-0.4, -0.2) is 4.98 Å². The minimum atomic E-state index is 0.0264. The van der Waals surface area contributed by atoms with Crippen LogP contribution in [0.5, 0.6) is 5.75 Å². The molecule has 0 saturated heterocycles. The number of aromatic amines is 1. The molecule has 1 aromatic heterocycles. The summed E-state index contributed by atoms with van der Waals surface area (Å²) in [4.78, 5) is 3.41. The fraction of sp³-hybridized carbons (Fsp3) is 0.176. The molecule has 96 valence electrons. The Morgan fingerprint density at radius 1 is 0.947 bits per heavy atom. The van der Waals surface area contributed by atoms with Crippen molar-refractivity contribution < 1.29 is 4.74 Å². The Labute approximate surface area is 113 Å². The zero-order chi connectivity index (χ0) is 13.2. The third kappa shape index (κ3) is 2.22. The summed E-state index contributed by atoms with van der Waals surface area (Å²) >= 11 is 0. The Hall–Kier alpha value is -2.22. The number of fused-ring (bicyclic) bond motifs is 1. The first-order valence-corrected chi connectivity index (χ1v) is 6.54. The third-order valence-corrected chi connectivity index (χ3v) is 3.41. The second kappa shape index (κ2) is 4.81. The molecule has 0 spiro atoms. The Bertz CT molecular complexity index is 685. The summed E-state index contributed by atoms with van der Waals surface area (Å²) in [5.41, 5.74) is 3.57. The lowest BCUT2D eigenvalue weighted by Crippen LogP contribution is -2.03. The van der Waals surface area contributed by atoms with Crippen LogP contribution in [0.25, 0.3) is 10.9 Å². The van der Waals surface area contributed by atoms with E-state index in [2.05, 4.69) is 37.0 Å². The van der Waals surface area contributed by atoms with E-state index < -0.39 is 0 Å². The Morgan fingerprint density at radius 2 is 1.63 bits per heavy atom. The summed E-state index contributed by atoms with van der Waals surface area (Å²) in [5, 5.41) is 1.24. The molecule has 0 amide bonds. The average Bonchev–Trinajstić information content (AvgIpc) is 2.75. The highest BCUT2D eigenvalue weighted by Crippen LogP contribution is 2.30. The fourth-order valence-corrected chi connectivity index (χ4v) is 2.58. The summed E-state index contributed by atoms with van der Waals surface area (Å²) in [6.07, 6.45) is 0.0264. The molecule has 1 N–H and O–H groups in total. The van der Waals surface area contributed by atoms with Crippen LogP contribution in [0.3, 0.4) is 0 Å². The number of para-hydroxylation sites is 2. The van der Waals surface area contributed by atoms with Crippen molar-refractivity contribution in [3.05, 3.63) is 65.9 Å². The zero-order valence-corrected chi connectivity index (χ0v) is 11.2. The molecule has 0 aliphatic heterocycles. The van der Waals surface area contributed by atoms with Crippen LogP contribution >= 0.6 is 0 Å². The fourth-order valence-electron chi connectivity index (χ4n) is 2.58. The molecule has 3 aromatic rings. The van der Waals surface area contributed by atoms with Crippen molar-refractivity contribution in [3.63, 3.8) is 0 Å². The molecule has 0 fully saturated rings. The van der Waals surface area contributed by atoms with Crippen LogP contribution in [0.1, 0.15) is 24.3 Å². The molecule has 1 heterocycles. The van der Waals surface area contributed by atoms with Crippen molar-refractivity contribution in [1.29, 1.82) is 0 Å². The maximum atomic E-state index is 6.03. The minimum Gasteiger partial charge on any atom is -0.486 e. The quantitative estimate of drug-likeness (QED) is 0.722. The molecule has 0 saturated carbocycles. The predicted molar refractivity (Wildman–Crippen MR) is 78.5 cm³/mol. The van der Waals surface area contributed by atoms with E-state index in [4.69, 9.17) is 4.74 Å². The smallest absolute Gasteiger partial charge is 0.123 e. The minimum absolute atomic E-state index is 0.0264. The van der Waals surface area contributed by atoms with Gasteiger partial charge in [-0.1, -0.05) is 36.4 Å². The van der Waals surface area contributed by atoms with Crippen molar-refractivity contribution in [2.45, 2.75) is 20.0 Å². The van der Waals surface area contributed by atoms with Crippen molar-refractivity contribution in [2.24, 2.45) is 0 Å². The molecule has 2 nitrogen and oxygen atoms in total. The number of hydrogen-bond acceptors (Lipinski definition) is 1. The number of hydrogen-bond donors (Lipinski definition) is 1. The number of aromatic nitrogens is 1. The normalized spacial score (nSPS) is 12.5. The van der Waals surface area contributed by atoms with E-state index in [1.165, 1.54) is 22.2 Å². The maximum absolute atomic E-state index is 6.03. The average molecular weight is 251 g/mol. The van der Waals surface area contributed by atoms with Crippen molar-refractivity contribution in [1.82, 2.24) is 4.98 Å². The van der Waals surface area contributed by atoms with Gasteiger partial charge in [0.15, 0.2) is 0 Å². The molecule has 2 aromatic carbocycles. The van der Waals surface area contributed by atoms with Gasteiger partial charge in [0.25, 0.3) is 0 Å². The summed E-state index contributed by atoms with van der Waals surface area (Å²) < 4.78 is 6.03. The monoisotopic (exact) mass is 251 g/mol. The van der Waals surface area contributed by atoms with Gasteiger partial charge in [-0.25, -0.2) is 0 Å². The van der Waals surface area contributed by atoms with E-state index in [9.17, 15) is 0 Å². The van der Waals surface area contributed by atoms with Gasteiger partial charge in [-0.05, 0) is 32.0 Å². The lowest BCUT2D eigenvalue weighted by atomic mass is 10.1. The summed E-state index contributed by atoms with van der Waals surface area (Å²) in [6, 6.07) is 18.3. The van der Waals surface area contributed by atoms with Gasteiger partial charge >= 0.3 is 0 Å². The molecule has 2 heteroatoms. The van der Waals surface area contributed by atoms with E-state index in [-0.39, 0.29) is 6.10 Å². The highest BCUT2D eigenvalue weighted by atomic mass is 16.5. The van der Waals surface area contributed by atoms with Gasteiger partial charge < -0.3 is 9.72 Å². The molecule has 0 aliphatic rings. The van der Waals surface area contributed by atoms with Crippen LogP contribution in [0.2, 0.25) is 0 Å². The van der Waals surface area contributed by atoms with Crippen LogP contribution in [0.4, 0.5) is 0 Å². The summed E-state index contributed by atoms with van der Waals surface area (Å²) in [7, 11) is 0. The standard InChI is InChI=1S/C17H17NO/c1-12-17(15-10-6-7-11-16(15)18-12)13(2)19-14-8-4-3-5-9-14/h3-11,13,18H,1-2H3. The van der Waals surface area contributed by atoms with Gasteiger partial charge in [0.1, 0.15) is 11.9 Å². The maximum Gasteiger partial charge on any atom is 0.123 e. The molecule has 19 heavy (non-hydrogen) atoms. The van der Waals surface area contributed by atoms with E-state index in [0.717, 1.165) is 5.75 Å². The van der Waals surface area contributed by atoms with Crippen molar-refractivity contribution in [3.8, 4) is 5.75 Å². The number of benzene rings is 2. The Balaban J connectivity index is 1.97. The lowest BCUT2D eigenvalue weighted by Gasteiger charge is -2.15. The highest BCUT2D eigenvalue weighted by molar-refractivity contribution is 5.84. The lowest BCUT2D eigenvalue weighted by molar-refractivity contribution is 0.227. The van der Waals surface area contributed by atoms with E-state index >= 15 is 0 Å². The third-order valence-electron chi connectivity index (χ3n) is 3.41.